The van der Waals surface area contributed by atoms with Gasteiger partial charge in [0.05, 0.1) is 0 Å². The predicted octanol–water partition coefficient (Wildman–Crippen LogP) is 5.14. The Morgan fingerprint density at radius 2 is 1.45 bits per heavy atom. The van der Waals surface area contributed by atoms with E-state index in [1.807, 2.05) is 6.21 Å². The molecule has 0 unspecified atom stereocenters. The van der Waals surface area contributed by atoms with E-state index in [-0.39, 0.29) is 0 Å². The number of aryl methyl sites for hydroxylation is 1. The fourth-order valence-corrected chi connectivity index (χ4v) is 2.35. The minimum absolute atomic E-state index is 1.15. The highest BCUT2D eigenvalue weighted by Gasteiger charge is 1.98. The van der Waals surface area contributed by atoms with Crippen LogP contribution < -0.4 is 0 Å². The lowest BCUT2D eigenvalue weighted by atomic mass is 10.0. The second kappa shape index (κ2) is 7.64. The second-order valence-electron chi connectivity index (χ2n) is 5.16. The fraction of sp³-hybridized carbons (Fsp3) is 0.316. The molecule has 0 spiro atoms. The van der Waals surface area contributed by atoms with E-state index in [4.69, 9.17) is 0 Å². The number of nitrogens with zero attached hydrogens (tertiary/aromatic N) is 1. The molecule has 1 heteroatoms. The molecule has 0 saturated heterocycles. The second-order valence-corrected chi connectivity index (χ2v) is 5.16. The lowest BCUT2D eigenvalue weighted by Crippen LogP contribution is -1.86. The molecular weight excluding hydrogens is 242 g/mol. The average Bonchev–Trinajstić information content (AvgIpc) is 2.49. The van der Waals surface area contributed by atoms with E-state index in [0.717, 1.165) is 5.56 Å². The Bertz CT molecular complexity index is 535. The number of aliphatic imine (C=N–C) groups is 1. The number of rotatable bonds is 6. The summed E-state index contributed by atoms with van der Waals surface area (Å²) in [7, 11) is 1.80. The molecule has 104 valence electrons. The van der Waals surface area contributed by atoms with Crippen LogP contribution in [-0.4, -0.2) is 13.3 Å². The third-order valence-electron chi connectivity index (χ3n) is 3.55. The van der Waals surface area contributed by atoms with E-state index in [1.165, 1.54) is 42.4 Å². The summed E-state index contributed by atoms with van der Waals surface area (Å²) in [6, 6.07) is 17.5. The van der Waals surface area contributed by atoms with Gasteiger partial charge in [-0.2, -0.15) is 0 Å². The number of hydrogen-bond acceptors (Lipinski definition) is 1. The summed E-state index contributed by atoms with van der Waals surface area (Å²) in [5.74, 6) is 0. The van der Waals surface area contributed by atoms with Crippen molar-refractivity contribution in [2.24, 2.45) is 4.99 Å². The highest BCUT2D eigenvalue weighted by atomic mass is 14.6. The first-order valence-electron chi connectivity index (χ1n) is 7.45. The Balaban J connectivity index is 2.05. The molecule has 0 saturated carbocycles. The molecule has 0 radical (unpaired) electrons. The fourth-order valence-electron chi connectivity index (χ4n) is 2.35. The number of hydrogen-bond donors (Lipinski definition) is 0. The molecule has 0 aromatic heterocycles. The van der Waals surface area contributed by atoms with Gasteiger partial charge in [0.1, 0.15) is 0 Å². The summed E-state index contributed by atoms with van der Waals surface area (Å²) in [5, 5.41) is 0. The Labute approximate surface area is 122 Å². The van der Waals surface area contributed by atoms with Gasteiger partial charge >= 0.3 is 0 Å². The predicted molar refractivity (Wildman–Crippen MR) is 88.6 cm³/mol. The molecule has 0 atom stereocenters. The average molecular weight is 265 g/mol. The first-order chi connectivity index (χ1) is 9.83. The molecule has 2 aromatic carbocycles. The lowest BCUT2D eigenvalue weighted by molar-refractivity contribution is 0.717. The van der Waals surface area contributed by atoms with Crippen molar-refractivity contribution < 1.29 is 0 Å². The SMILES string of the molecule is CCCCCc1ccc(-c2ccc(/C=N/C)cc2)cc1. The summed E-state index contributed by atoms with van der Waals surface area (Å²) in [4.78, 5) is 4.03. The maximum atomic E-state index is 4.03. The quantitative estimate of drug-likeness (QED) is 0.507. The molecule has 0 aliphatic rings. The molecule has 1 nitrogen and oxygen atoms in total. The zero-order valence-electron chi connectivity index (χ0n) is 12.5. The molecule has 0 aliphatic heterocycles. The van der Waals surface area contributed by atoms with Crippen LogP contribution in [0.5, 0.6) is 0 Å². The van der Waals surface area contributed by atoms with Crippen LogP contribution in [0.2, 0.25) is 0 Å². The third kappa shape index (κ3) is 4.06. The molecule has 0 aliphatic carbocycles. The zero-order chi connectivity index (χ0) is 14.2. The first kappa shape index (κ1) is 14.5. The summed E-state index contributed by atoms with van der Waals surface area (Å²) < 4.78 is 0. The van der Waals surface area contributed by atoms with Crippen molar-refractivity contribution in [1.29, 1.82) is 0 Å². The standard InChI is InChI=1S/C19H23N/c1-3-4-5-6-16-7-11-18(12-8-16)19-13-9-17(10-14-19)15-20-2/h7-15H,3-6H2,1-2H3/b20-15+. The van der Waals surface area contributed by atoms with Crippen molar-refractivity contribution in [2.45, 2.75) is 32.6 Å². The van der Waals surface area contributed by atoms with Gasteiger partial charge in [0, 0.05) is 13.3 Å². The van der Waals surface area contributed by atoms with Gasteiger partial charge in [0.2, 0.25) is 0 Å². The Morgan fingerprint density at radius 3 is 2.00 bits per heavy atom. The summed E-state index contributed by atoms with van der Waals surface area (Å²) >= 11 is 0. The van der Waals surface area contributed by atoms with Gasteiger partial charge in [-0.25, -0.2) is 0 Å². The minimum Gasteiger partial charge on any atom is -0.296 e. The van der Waals surface area contributed by atoms with Gasteiger partial charge in [-0.3, -0.25) is 4.99 Å². The van der Waals surface area contributed by atoms with Crippen LogP contribution in [-0.2, 0) is 6.42 Å². The van der Waals surface area contributed by atoms with Gasteiger partial charge in [0.25, 0.3) is 0 Å². The maximum Gasteiger partial charge on any atom is 0.0281 e. The van der Waals surface area contributed by atoms with Gasteiger partial charge in [-0.1, -0.05) is 68.3 Å². The Hall–Kier alpha value is -1.89. The highest BCUT2D eigenvalue weighted by Crippen LogP contribution is 2.20. The molecule has 2 aromatic rings. The van der Waals surface area contributed by atoms with E-state index in [1.54, 1.807) is 7.05 Å². The van der Waals surface area contributed by atoms with E-state index >= 15 is 0 Å². The van der Waals surface area contributed by atoms with Crippen LogP contribution in [0.3, 0.4) is 0 Å². The molecule has 0 bridgehead atoms. The van der Waals surface area contributed by atoms with Crippen molar-refractivity contribution >= 4 is 6.21 Å². The number of benzene rings is 2. The molecule has 0 amide bonds. The van der Waals surface area contributed by atoms with Crippen molar-refractivity contribution in [3.63, 3.8) is 0 Å². The molecule has 0 N–H and O–H groups in total. The van der Waals surface area contributed by atoms with Crippen LogP contribution in [0, 0.1) is 0 Å². The van der Waals surface area contributed by atoms with Crippen LogP contribution in [0.1, 0.15) is 37.3 Å². The molecule has 2 rings (SSSR count). The largest absolute Gasteiger partial charge is 0.296 e. The minimum atomic E-state index is 1.15. The van der Waals surface area contributed by atoms with Gasteiger partial charge in [-0.05, 0) is 35.1 Å². The first-order valence-corrected chi connectivity index (χ1v) is 7.45. The zero-order valence-corrected chi connectivity index (χ0v) is 12.5. The molecule has 0 heterocycles. The van der Waals surface area contributed by atoms with E-state index in [0.29, 0.717) is 0 Å². The van der Waals surface area contributed by atoms with Crippen molar-refractivity contribution in [2.75, 3.05) is 7.05 Å². The van der Waals surface area contributed by atoms with E-state index in [2.05, 4.69) is 60.4 Å². The van der Waals surface area contributed by atoms with Crippen LogP contribution in [0.4, 0.5) is 0 Å². The molecular formula is C19H23N. The number of unbranched alkanes of at least 4 members (excludes halogenated alkanes) is 2. The molecule has 20 heavy (non-hydrogen) atoms. The lowest BCUT2D eigenvalue weighted by Gasteiger charge is -2.05. The van der Waals surface area contributed by atoms with Crippen molar-refractivity contribution in [3.8, 4) is 11.1 Å². The van der Waals surface area contributed by atoms with Gasteiger partial charge in [0.15, 0.2) is 0 Å². The van der Waals surface area contributed by atoms with E-state index in [9.17, 15) is 0 Å². The van der Waals surface area contributed by atoms with Gasteiger partial charge < -0.3 is 0 Å². The normalized spacial score (nSPS) is 11.1. The van der Waals surface area contributed by atoms with Gasteiger partial charge in [-0.15, -0.1) is 0 Å². The summed E-state index contributed by atoms with van der Waals surface area (Å²) in [5.41, 5.74) is 5.13. The maximum absolute atomic E-state index is 4.03. The van der Waals surface area contributed by atoms with Crippen LogP contribution in [0.25, 0.3) is 11.1 Å². The highest BCUT2D eigenvalue weighted by molar-refractivity contribution is 5.80. The van der Waals surface area contributed by atoms with Crippen LogP contribution >= 0.6 is 0 Å². The Morgan fingerprint density at radius 1 is 0.850 bits per heavy atom. The smallest absolute Gasteiger partial charge is 0.0281 e. The van der Waals surface area contributed by atoms with Crippen molar-refractivity contribution in [3.05, 3.63) is 59.7 Å². The Kier molecular flexibility index (Phi) is 5.55. The van der Waals surface area contributed by atoms with E-state index < -0.39 is 0 Å². The topological polar surface area (TPSA) is 12.4 Å². The van der Waals surface area contributed by atoms with Crippen LogP contribution in [0.15, 0.2) is 53.5 Å². The van der Waals surface area contributed by atoms with Crippen molar-refractivity contribution in [1.82, 2.24) is 0 Å². The summed E-state index contributed by atoms with van der Waals surface area (Å²) in [6.45, 7) is 2.25. The third-order valence-corrected chi connectivity index (χ3v) is 3.55. The summed E-state index contributed by atoms with van der Waals surface area (Å²) in [6.07, 6.45) is 6.97. The molecule has 0 fully saturated rings. The monoisotopic (exact) mass is 265 g/mol.